The number of nitrogens with one attached hydrogen (secondary N) is 1. The number of aliphatic imine (C=N–C) groups is 1. The molecule has 0 saturated carbocycles. The first-order valence-electron chi connectivity index (χ1n) is 8.79. The fraction of sp³-hybridized carbons (Fsp3) is 0.238. The van der Waals surface area contributed by atoms with Gasteiger partial charge in [-0.1, -0.05) is 30.3 Å². The van der Waals surface area contributed by atoms with Crippen LogP contribution in [0.5, 0.6) is 0 Å². The zero-order chi connectivity index (χ0) is 18.1. The van der Waals surface area contributed by atoms with Gasteiger partial charge in [0, 0.05) is 46.0 Å². The van der Waals surface area contributed by atoms with E-state index in [1.54, 1.807) is 0 Å². The summed E-state index contributed by atoms with van der Waals surface area (Å²) < 4.78 is 1.89. The summed E-state index contributed by atoms with van der Waals surface area (Å²) in [6.07, 6.45) is 2.74. The first-order chi connectivity index (χ1) is 12.6. The Balaban J connectivity index is 1.44. The molecule has 0 atom stereocenters. The molecule has 1 aliphatic heterocycles. The van der Waals surface area contributed by atoms with Gasteiger partial charge in [0.15, 0.2) is 0 Å². The number of benzene rings is 2. The largest absolute Gasteiger partial charge is 0.381 e. The van der Waals surface area contributed by atoms with Crippen LogP contribution in [0, 0.1) is 0 Å². The molecule has 0 spiro atoms. The SMILES string of the molecule is CN(C)C1=Nc2cc(NCc3ccc(-c4ccnn4C)cc3)ccc2C1. The molecule has 0 amide bonds. The summed E-state index contributed by atoms with van der Waals surface area (Å²) in [7, 11) is 6.04. The minimum atomic E-state index is 0.786. The van der Waals surface area contributed by atoms with Crippen molar-refractivity contribution in [2.75, 3.05) is 19.4 Å². The van der Waals surface area contributed by atoms with Gasteiger partial charge in [0.25, 0.3) is 0 Å². The number of amidine groups is 1. The molecule has 0 radical (unpaired) electrons. The van der Waals surface area contributed by atoms with Gasteiger partial charge in [0.2, 0.25) is 0 Å². The molecule has 5 nitrogen and oxygen atoms in total. The van der Waals surface area contributed by atoms with Gasteiger partial charge in [-0.2, -0.15) is 5.10 Å². The van der Waals surface area contributed by atoms with E-state index in [0.717, 1.165) is 35.9 Å². The normalized spacial score (nSPS) is 12.7. The Hall–Kier alpha value is -3.08. The number of likely N-dealkylation sites (N-methyl/N-ethyl adjacent to an activating group) is 1. The number of hydrogen-bond donors (Lipinski definition) is 1. The fourth-order valence-corrected chi connectivity index (χ4v) is 3.19. The summed E-state index contributed by atoms with van der Waals surface area (Å²) in [4.78, 5) is 6.79. The third-order valence-electron chi connectivity index (χ3n) is 4.77. The van der Waals surface area contributed by atoms with Gasteiger partial charge in [-0.05, 0) is 34.9 Å². The quantitative estimate of drug-likeness (QED) is 0.781. The highest BCUT2D eigenvalue weighted by Crippen LogP contribution is 2.30. The van der Waals surface area contributed by atoms with E-state index in [1.165, 1.54) is 16.7 Å². The zero-order valence-corrected chi connectivity index (χ0v) is 15.4. The standard InChI is InChI=1S/C21H23N5/c1-25(2)21-12-17-8-9-18(13-19(17)24-21)22-14-15-4-6-16(7-5-15)20-10-11-23-26(20)3/h4-11,13,22H,12,14H2,1-3H3. The van der Waals surface area contributed by atoms with E-state index in [-0.39, 0.29) is 0 Å². The lowest BCUT2D eigenvalue weighted by Crippen LogP contribution is -2.21. The Morgan fingerprint density at radius 3 is 2.58 bits per heavy atom. The molecule has 0 aliphatic carbocycles. The van der Waals surface area contributed by atoms with E-state index >= 15 is 0 Å². The number of rotatable bonds is 4. The summed E-state index contributed by atoms with van der Waals surface area (Å²) >= 11 is 0. The van der Waals surface area contributed by atoms with Crippen molar-refractivity contribution in [3.8, 4) is 11.3 Å². The van der Waals surface area contributed by atoms with Gasteiger partial charge in [-0.25, -0.2) is 4.99 Å². The van der Waals surface area contributed by atoms with Crippen LogP contribution in [0.15, 0.2) is 59.7 Å². The Kier molecular flexibility index (Phi) is 4.21. The Labute approximate surface area is 154 Å². The lowest BCUT2D eigenvalue weighted by Gasteiger charge is -2.10. The van der Waals surface area contributed by atoms with Crippen LogP contribution < -0.4 is 5.32 Å². The van der Waals surface area contributed by atoms with Crippen molar-refractivity contribution in [1.29, 1.82) is 0 Å². The summed E-state index contributed by atoms with van der Waals surface area (Å²) in [6.45, 7) is 0.786. The Morgan fingerprint density at radius 2 is 1.88 bits per heavy atom. The second-order valence-electron chi connectivity index (χ2n) is 6.83. The highest BCUT2D eigenvalue weighted by atomic mass is 15.3. The first-order valence-corrected chi connectivity index (χ1v) is 8.79. The van der Waals surface area contributed by atoms with Crippen LogP contribution in [0.3, 0.4) is 0 Å². The van der Waals surface area contributed by atoms with Crippen LogP contribution >= 0.6 is 0 Å². The summed E-state index contributed by atoms with van der Waals surface area (Å²) in [6, 6.07) is 17.1. The van der Waals surface area contributed by atoms with Gasteiger partial charge in [-0.15, -0.1) is 0 Å². The van der Waals surface area contributed by atoms with Gasteiger partial charge in [0.05, 0.1) is 11.4 Å². The monoisotopic (exact) mass is 345 g/mol. The topological polar surface area (TPSA) is 45.4 Å². The molecule has 5 heteroatoms. The molecule has 0 bridgehead atoms. The van der Waals surface area contributed by atoms with Gasteiger partial charge in [-0.3, -0.25) is 4.68 Å². The maximum absolute atomic E-state index is 4.71. The van der Waals surface area contributed by atoms with Crippen molar-refractivity contribution in [3.05, 3.63) is 65.9 Å². The number of aromatic nitrogens is 2. The molecule has 0 fully saturated rings. The average molecular weight is 345 g/mol. The molecule has 0 saturated heterocycles. The smallest absolute Gasteiger partial charge is 0.109 e. The van der Waals surface area contributed by atoms with Crippen LogP contribution in [0.25, 0.3) is 11.3 Å². The van der Waals surface area contributed by atoms with E-state index in [9.17, 15) is 0 Å². The molecule has 26 heavy (non-hydrogen) atoms. The van der Waals surface area contributed by atoms with Gasteiger partial charge < -0.3 is 10.2 Å². The average Bonchev–Trinajstić information content (AvgIpc) is 3.26. The molecule has 2 heterocycles. The molecule has 1 aromatic heterocycles. The molecule has 1 N–H and O–H groups in total. The van der Waals surface area contributed by atoms with E-state index in [0.29, 0.717) is 0 Å². The van der Waals surface area contributed by atoms with Gasteiger partial charge >= 0.3 is 0 Å². The van der Waals surface area contributed by atoms with Crippen molar-refractivity contribution < 1.29 is 0 Å². The van der Waals surface area contributed by atoms with Crippen molar-refractivity contribution in [2.45, 2.75) is 13.0 Å². The van der Waals surface area contributed by atoms with Crippen LogP contribution in [0.1, 0.15) is 11.1 Å². The minimum absolute atomic E-state index is 0.786. The first kappa shape index (κ1) is 16.4. The van der Waals surface area contributed by atoms with E-state index in [2.05, 4.69) is 57.8 Å². The molecular formula is C21H23N5. The Morgan fingerprint density at radius 1 is 1.08 bits per heavy atom. The number of hydrogen-bond acceptors (Lipinski definition) is 4. The van der Waals surface area contributed by atoms with E-state index in [4.69, 9.17) is 4.99 Å². The molecule has 2 aromatic carbocycles. The summed E-state index contributed by atoms with van der Waals surface area (Å²) in [5, 5.41) is 7.73. The fourth-order valence-electron chi connectivity index (χ4n) is 3.19. The van der Waals surface area contributed by atoms with Crippen LogP contribution in [0.2, 0.25) is 0 Å². The molecule has 1 aliphatic rings. The zero-order valence-electron chi connectivity index (χ0n) is 15.4. The predicted molar refractivity (Wildman–Crippen MR) is 107 cm³/mol. The van der Waals surface area contributed by atoms with Crippen molar-refractivity contribution in [2.24, 2.45) is 12.0 Å². The van der Waals surface area contributed by atoms with Crippen LogP contribution in [0.4, 0.5) is 11.4 Å². The molecule has 3 aromatic rings. The van der Waals surface area contributed by atoms with Crippen molar-refractivity contribution in [1.82, 2.24) is 14.7 Å². The third kappa shape index (κ3) is 3.20. The minimum Gasteiger partial charge on any atom is -0.381 e. The maximum atomic E-state index is 4.71. The number of nitrogens with zero attached hydrogens (tertiary/aromatic N) is 4. The van der Waals surface area contributed by atoms with Gasteiger partial charge in [0.1, 0.15) is 5.84 Å². The second-order valence-corrected chi connectivity index (χ2v) is 6.83. The van der Waals surface area contributed by atoms with E-state index in [1.807, 2.05) is 38.1 Å². The molecule has 0 unspecified atom stereocenters. The molecule has 132 valence electrons. The molecular weight excluding hydrogens is 322 g/mol. The third-order valence-corrected chi connectivity index (χ3v) is 4.77. The highest BCUT2D eigenvalue weighted by molar-refractivity contribution is 5.92. The summed E-state index contributed by atoms with van der Waals surface area (Å²) in [5.41, 5.74) is 7.01. The molecule has 4 rings (SSSR count). The van der Waals surface area contributed by atoms with Crippen molar-refractivity contribution in [3.63, 3.8) is 0 Å². The van der Waals surface area contributed by atoms with Crippen LogP contribution in [-0.4, -0.2) is 34.6 Å². The summed E-state index contributed by atoms with van der Waals surface area (Å²) in [5.74, 6) is 1.11. The maximum Gasteiger partial charge on any atom is 0.109 e. The number of anilines is 1. The lowest BCUT2D eigenvalue weighted by atomic mass is 10.1. The predicted octanol–water partition coefficient (Wildman–Crippen LogP) is 3.85. The highest BCUT2D eigenvalue weighted by Gasteiger charge is 2.16. The number of fused-ring (bicyclic) bond motifs is 1. The Bertz CT molecular complexity index is 951. The van der Waals surface area contributed by atoms with Crippen molar-refractivity contribution >= 4 is 17.2 Å². The lowest BCUT2D eigenvalue weighted by molar-refractivity contribution is 0.614. The second kappa shape index (κ2) is 6.67. The van der Waals surface area contributed by atoms with Crippen LogP contribution in [-0.2, 0) is 20.0 Å². The number of aryl methyl sites for hydroxylation is 1. The van der Waals surface area contributed by atoms with E-state index < -0.39 is 0 Å².